The molecule has 1 heterocycles. The third-order valence-electron chi connectivity index (χ3n) is 4.95. The van der Waals surface area contributed by atoms with E-state index in [9.17, 15) is 13.2 Å². The van der Waals surface area contributed by atoms with E-state index in [1.54, 1.807) is 4.90 Å². The van der Waals surface area contributed by atoms with E-state index in [4.69, 9.17) is 0 Å². The molecule has 1 unspecified atom stereocenters. The second-order valence-corrected chi connectivity index (χ2v) is 8.95. The summed E-state index contributed by atoms with van der Waals surface area (Å²) in [4.78, 5) is 14.4. The minimum Gasteiger partial charge on any atom is -0.328 e. The van der Waals surface area contributed by atoms with Crippen molar-refractivity contribution in [1.82, 2.24) is 10.2 Å². The summed E-state index contributed by atoms with van der Waals surface area (Å²) in [5, 5.41) is 3.15. The predicted molar refractivity (Wildman–Crippen MR) is 90.1 cm³/mol. The van der Waals surface area contributed by atoms with Gasteiger partial charge in [0, 0.05) is 12.6 Å². The van der Waals surface area contributed by atoms with Crippen LogP contribution in [-0.4, -0.2) is 43.4 Å². The molecular weight excluding hydrogens is 312 g/mol. The van der Waals surface area contributed by atoms with Gasteiger partial charge < -0.3 is 10.2 Å². The van der Waals surface area contributed by atoms with E-state index in [-0.39, 0.29) is 29.1 Å². The number of nitrogens with one attached hydrogen (secondary N) is 1. The average molecular weight is 336 g/mol. The Bertz CT molecular complexity index is 693. The SMILES string of the molecule is CCN(C(=O)NC1(c2ccc(C)cc2)CC1)C1CCS(=O)(=O)C1. The Morgan fingerprint density at radius 3 is 2.43 bits per heavy atom. The highest BCUT2D eigenvalue weighted by Gasteiger charge is 2.47. The number of hydrogen-bond donors (Lipinski definition) is 1. The Balaban J connectivity index is 1.71. The lowest BCUT2D eigenvalue weighted by atomic mass is 10.0. The highest BCUT2D eigenvalue weighted by molar-refractivity contribution is 7.91. The number of benzene rings is 1. The molecule has 2 aliphatic rings. The first-order valence-electron chi connectivity index (χ1n) is 8.21. The summed E-state index contributed by atoms with van der Waals surface area (Å²) >= 11 is 0. The maximum absolute atomic E-state index is 12.7. The van der Waals surface area contributed by atoms with Gasteiger partial charge in [0.25, 0.3) is 0 Å². The van der Waals surface area contributed by atoms with Gasteiger partial charge in [-0.3, -0.25) is 0 Å². The van der Waals surface area contributed by atoms with Crippen molar-refractivity contribution >= 4 is 15.9 Å². The number of rotatable bonds is 4. The van der Waals surface area contributed by atoms with Gasteiger partial charge in [0.2, 0.25) is 0 Å². The molecule has 0 aromatic heterocycles. The summed E-state index contributed by atoms with van der Waals surface area (Å²) in [5.41, 5.74) is 2.06. The highest BCUT2D eigenvalue weighted by Crippen LogP contribution is 2.45. The maximum atomic E-state index is 12.7. The topological polar surface area (TPSA) is 66.5 Å². The van der Waals surface area contributed by atoms with E-state index in [1.165, 1.54) is 5.56 Å². The van der Waals surface area contributed by atoms with Crippen LogP contribution in [0.5, 0.6) is 0 Å². The van der Waals surface area contributed by atoms with Crippen molar-refractivity contribution in [3.8, 4) is 0 Å². The molecule has 1 atom stereocenters. The molecule has 1 aliphatic carbocycles. The number of urea groups is 1. The lowest BCUT2D eigenvalue weighted by molar-refractivity contribution is 0.178. The summed E-state index contributed by atoms with van der Waals surface area (Å²) in [6.07, 6.45) is 2.41. The average Bonchev–Trinajstić information content (AvgIpc) is 3.18. The van der Waals surface area contributed by atoms with Crippen molar-refractivity contribution in [3.63, 3.8) is 0 Å². The first-order chi connectivity index (χ1) is 10.9. The fraction of sp³-hybridized carbons (Fsp3) is 0.588. The minimum absolute atomic E-state index is 0.0891. The fourth-order valence-corrected chi connectivity index (χ4v) is 5.08. The van der Waals surface area contributed by atoms with Crippen LogP contribution in [-0.2, 0) is 15.4 Å². The lowest BCUT2D eigenvalue weighted by Crippen LogP contribution is -2.49. The van der Waals surface area contributed by atoms with Crippen molar-refractivity contribution in [2.24, 2.45) is 0 Å². The van der Waals surface area contributed by atoms with Crippen molar-refractivity contribution in [3.05, 3.63) is 35.4 Å². The molecule has 1 aliphatic heterocycles. The zero-order valence-electron chi connectivity index (χ0n) is 13.7. The third-order valence-corrected chi connectivity index (χ3v) is 6.70. The quantitative estimate of drug-likeness (QED) is 0.917. The van der Waals surface area contributed by atoms with Crippen LogP contribution >= 0.6 is 0 Å². The van der Waals surface area contributed by atoms with Gasteiger partial charge in [-0.1, -0.05) is 29.8 Å². The van der Waals surface area contributed by atoms with E-state index in [0.717, 1.165) is 18.4 Å². The third kappa shape index (κ3) is 3.37. The summed E-state index contributed by atoms with van der Waals surface area (Å²) in [6.45, 7) is 4.47. The van der Waals surface area contributed by atoms with Crippen molar-refractivity contribution in [2.75, 3.05) is 18.1 Å². The van der Waals surface area contributed by atoms with E-state index in [0.29, 0.717) is 13.0 Å². The zero-order chi connectivity index (χ0) is 16.7. The molecule has 1 aromatic carbocycles. The van der Waals surface area contributed by atoms with Crippen molar-refractivity contribution in [1.29, 1.82) is 0 Å². The number of nitrogens with zero attached hydrogens (tertiary/aromatic N) is 1. The number of carbonyl (C=O) groups is 1. The molecule has 2 fully saturated rings. The van der Waals surface area contributed by atoms with E-state index in [1.807, 2.05) is 13.8 Å². The van der Waals surface area contributed by atoms with Crippen LogP contribution in [0.1, 0.15) is 37.3 Å². The molecular formula is C17H24N2O3S. The molecule has 2 amide bonds. The first kappa shape index (κ1) is 16.3. The molecule has 126 valence electrons. The summed E-state index contributed by atoms with van der Waals surface area (Å²) in [5.74, 6) is 0.274. The molecule has 1 saturated heterocycles. The van der Waals surface area contributed by atoms with Crippen LogP contribution in [0.4, 0.5) is 4.79 Å². The van der Waals surface area contributed by atoms with Crippen LogP contribution in [0.3, 0.4) is 0 Å². The summed E-state index contributed by atoms with van der Waals surface area (Å²) in [7, 11) is -2.99. The van der Waals surface area contributed by atoms with E-state index < -0.39 is 9.84 Å². The van der Waals surface area contributed by atoms with Gasteiger partial charge in [-0.15, -0.1) is 0 Å². The maximum Gasteiger partial charge on any atom is 0.318 e. The molecule has 1 saturated carbocycles. The van der Waals surface area contributed by atoms with Crippen molar-refractivity contribution in [2.45, 2.75) is 44.7 Å². The number of sulfone groups is 1. The zero-order valence-corrected chi connectivity index (χ0v) is 14.5. The molecule has 0 spiro atoms. The number of amides is 2. The molecule has 6 heteroatoms. The summed E-state index contributed by atoms with van der Waals surface area (Å²) in [6, 6.07) is 7.91. The van der Waals surface area contributed by atoms with Crippen LogP contribution in [0, 0.1) is 6.92 Å². The Labute approximate surface area is 138 Å². The second kappa shape index (κ2) is 5.82. The Hall–Kier alpha value is -1.56. The van der Waals surface area contributed by atoms with Gasteiger partial charge in [-0.25, -0.2) is 13.2 Å². The van der Waals surface area contributed by atoms with Gasteiger partial charge in [0.1, 0.15) is 0 Å². The smallest absolute Gasteiger partial charge is 0.318 e. The second-order valence-electron chi connectivity index (χ2n) is 6.72. The normalized spacial score (nSPS) is 24.2. The van der Waals surface area contributed by atoms with Gasteiger partial charge >= 0.3 is 6.03 Å². The summed E-state index contributed by atoms with van der Waals surface area (Å²) < 4.78 is 23.4. The number of carbonyl (C=O) groups excluding carboxylic acids is 1. The predicted octanol–water partition coefficient (Wildman–Crippen LogP) is 2.20. The van der Waals surface area contributed by atoms with Crippen LogP contribution in [0.25, 0.3) is 0 Å². The van der Waals surface area contributed by atoms with E-state index in [2.05, 4.69) is 29.6 Å². The Kier molecular flexibility index (Phi) is 4.12. The van der Waals surface area contributed by atoms with Gasteiger partial charge in [0.15, 0.2) is 9.84 Å². The molecule has 0 radical (unpaired) electrons. The van der Waals surface area contributed by atoms with Gasteiger partial charge in [0.05, 0.1) is 17.0 Å². The van der Waals surface area contributed by atoms with Gasteiger partial charge in [-0.2, -0.15) is 0 Å². The van der Waals surface area contributed by atoms with E-state index >= 15 is 0 Å². The highest BCUT2D eigenvalue weighted by atomic mass is 32.2. The molecule has 23 heavy (non-hydrogen) atoms. The molecule has 1 aromatic rings. The standard InChI is InChI=1S/C17H24N2O3S/c1-3-19(15-8-11-23(21,22)12-15)16(20)18-17(9-10-17)14-6-4-13(2)5-7-14/h4-7,15H,3,8-12H2,1-2H3,(H,18,20). The molecule has 0 bridgehead atoms. The first-order valence-corrected chi connectivity index (χ1v) is 10.0. The molecule has 1 N–H and O–H groups in total. The van der Waals surface area contributed by atoms with Crippen LogP contribution in [0.15, 0.2) is 24.3 Å². The Morgan fingerprint density at radius 2 is 1.96 bits per heavy atom. The Morgan fingerprint density at radius 1 is 1.30 bits per heavy atom. The monoisotopic (exact) mass is 336 g/mol. The minimum atomic E-state index is -2.99. The van der Waals surface area contributed by atoms with Crippen LogP contribution in [0.2, 0.25) is 0 Å². The number of aryl methyl sites for hydroxylation is 1. The molecule has 5 nitrogen and oxygen atoms in total. The fourth-order valence-electron chi connectivity index (χ4n) is 3.35. The molecule has 3 rings (SSSR count). The largest absolute Gasteiger partial charge is 0.328 e. The van der Waals surface area contributed by atoms with Crippen LogP contribution < -0.4 is 5.32 Å². The van der Waals surface area contributed by atoms with Crippen molar-refractivity contribution < 1.29 is 13.2 Å². The number of hydrogen-bond acceptors (Lipinski definition) is 3. The lowest BCUT2D eigenvalue weighted by Gasteiger charge is -2.30. The van der Waals surface area contributed by atoms with Gasteiger partial charge in [-0.05, 0) is 38.7 Å².